The van der Waals surface area contributed by atoms with Gasteiger partial charge < -0.3 is 15.4 Å². The van der Waals surface area contributed by atoms with Gasteiger partial charge in [-0.3, -0.25) is 4.79 Å². The van der Waals surface area contributed by atoms with Crippen LogP contribution in [0, 0.1) is 11.2 Å². The maximum Gasteiger partial charge on any atom is 0.229 e. The molecule has 4 nitrogen and oxygen atoms in total. The summed E-state index contributed by atoms with van der Waals surface area (Å²) in [6.45, 7) is 3.64. The molecular weight excluding hydrogens is 342 g/mol. The van der Waals surface area contributed by atoms with Crippen molar-refractivity contribution in [2.24, 2.45) is 5.41 Å². The lowest BCUT2D eigenvalue weighted by Gasteiger charge is -2.36. The summed E-state index contributed by atoms with van der Waals surface area (Å²) >= 11 is 6.06. The van der Waals surface area contributed by atoms with Gasteiger partial charge in [0.15, 0.2) is 0 Å². The number of carbonyl (C=O) groups is 1. The number of nitrogens with one attached hydrogen (secondary N) is 2. The van der Waals surface area contributed by atoms with E-state index in [2.05, 4.69) is 10.6 Å². The van der Waals surface area contributed by atoms with Crippen LogP contribution in [0.3, 0.4) is 0 Å². The van der Waals surface area contributed by atoms with E-state index in [0.717, 1.165) is 13.1 Å². The first kappa shape index (κ1) is 20.2. The van der Waals surface area contributed by atoms with Gasteiger partial charge in [-0.1, -0.05) is 17.7 Å². The second kappa shape index (κ2) is 8.83. The van der Waals surface area contributed by atoms with Crippen LogP contribution in [-0.4, -0.2) is 32.7 Å². The average molecular weight is 365 g/mol. The topological polar surface area (TPSA) is 50.4 Å². The van der Waals surface area contributed by atoms with E-state index in [1.165, 1.54) is 6.07 Å². The molecule has 1 atom stereocenters. The third-order valence-electron chi connectivity index (χ3n) is 4.24. The summed E-state index contributed by atoms with van der Waals surface area (Å²) in [7, 11) is 1.59. The highest BCUT2D eigenvalue weighted by Gasteiger charge is 2.40. The second-order valence-corrected chi connectivity index (χ2v) is 6.20. The van der Waals surface area contributed by atoms with Crippen LogP contribution in [0.5, 0.6) is 0 Å². The van der Waals surface area contributed by atoms with Gasteiger partial charge in [0, 0.05) is 17.7 Å². The van der Waals surface area contributed by atoms with Crippen molar-refractivity contribution in [1.29, 1.82) is 0 Å². The van der Waals surface area contributed by atoms with Crippen molar-refractivity contribution in [3.05, 3.63) is 34.6 Å². The van der Waals surface area contributed by atoms with Gasteiger partial charge in [-0.15, -0.1) is 12.4 Å². The SMILES string of the molecule is COCC1(C(=O)NC(C)c2c(F)cccc2Cl)CCNCC1.Cl. The Bertz CT molecular complexity index is 511. The number of methoxy groups -OCH3 is 1. The molecule has 1 fully saturated rings. The van der Waals surface area contributed by atoms with E-state index < -0.39 is 17.3 Å². The molecule has 0 aliphatic carbocycles. The number of hydrogen-bond donors (Lipinski definition) is 2. The normalized spacial score (nSPS) is 17.9. The van der Waals surface area contributed by atoms with Crippen LogP contribution < -0.4 is 10.6 Å². The predicted octanol–water partition coefficient (Wildman–Crippen LogP) is 3.09. The number of hydrogen-bond acceptors (Lipinski definition) is 3. The molecule has 2 N–H and O–H groups in total. The number of halogens is 3. The van der Waals surface area contributed by atoms with E-state index in [-0.39, 0.29) is 18.3 Å². The van der Waals surface area contributed by atoms with Gasteiger partial charge in [-0.2, -0.15) is 0 Å². The average Bonchev–Trinajstić information content (AvgIpc) is 2.48. The van der Waals surface area contributed by atoms with Gasteiger partial charge >= 0.3 is 0 Å². The van der Waals surface area contributed by atoms with Crippen molar-refractivity contribution in [2.45, 2.75) is 25.8 Å². The summed E-state index contributed by atoms with van der Waals surface area (Å²) in [5, 5.41) is 6.46. The minimum Gasteiger partial charge on any atom is -0.384 e. The summed E-state index contributed by atoms with van der Waals surface area (Å²) in [6, 6.07) is 4.02. The smallest absolute Gasteiger partial charge is 0.229 e. The highest BCUT2D eigenvalue weighted by atomic mass is 35.5. The largest absolute Gasteiger partial charge is 0.384 e. The van der Waals surface area contributed by atoms with Crippen molar-refractivity contribution in [2.75, 3.05) is 26.8 Å². The highest BCUT2D eigenvalue weighted by molar-refractivity contribution is 6.31. The molecule has 0 radical (unpaired) electrons. The zero-order chi connectivity index (χ0) is 16.2. The molecule has 7 heteroatoms. The summed E-state index contributed by atoms with van der Waals surface area (Å²) < 4.78 is 19.2. The molecule has 1 saturated heterocycles. The maximum atomic E-state index is 14.0. The zero-order valence-electron chi connectivity index (χ0n) is 13.3. The molecule has 1 heterocycles. The number of piperidine rings is 1. The molecule has 2 rings (SSSR count). The predicted molar refractivity (Wildman–Crippen MR) is 91.6 cm³/mol. The van der Waals surface area contributed by atoms with Crippen LogP contribution in [0.2, 0.25) is 5.02 Å². The van der Waals surface area contributed by atoms with Crippen molar-refractivity contribution in [3.8, 4) is 0 Å². The van der Waals surface area contributed by atoms with Gasteiger partial charge in [-0.25, -0.2) is 4.39 Å². The van der Waals surface area contributed by atoms with E-state index >= 15 is 0 Å². The van der Waals surface area contributed by atoms with Gasteiger partial charge in [0.1, 0.15) is 5.82 Å². The molecule has 23 heavy (non-hydrogen) atoms. The van der Waals surface area contributed by atoms with Crippen LogP contribution >= 0.6 is 24.0 Å². The van der Waals surface area contributed by atoms with Gasteiger partial charge in [-0.05, 0) is 45.0 Å². The number of carbonyl (C=O) groups excluding carboxylic acids is 1. The highest BCUT2D eigenvalue weighted by Crippen LogP contribution is 2.32. The molecule has 1 aliphatic heterocycles. The Labute approximate surface area is 147 Å². The quantitative estimate of drug-likeness (QED) is 0.843. The standard InChI is InChI=1S/C16H22ClFN2O2.ClH/c1-11(14-12(17)4-3-5-13(14)18)20-15(21)16(10-22-2)6-8-19-9-7-16;/h3-5,11,19H,6-10H2,1-2H3,(H,20,21);1H. The van der Waals surface area contributed by atoms with Crippen molar-refractivity contribution in [3.63, 3.8) is 0 Å². The Morgan fingerprint density at radius 3 is 2.70 bits per heavy atom. The number of rotatable bonds is 5. The summed E-state index contributed by atoms with van der Waals surface area (Å²) in [5.41, 5.74) is -0.245. The molecule has 1 unspecified atom stereocenters. The van der Waals surface area contributed by atoms with E-state index in [0.29, 0.717) is 30.0 Å². The fourth-order valence-electron chi connectivity index (χ4n) is 2.96. The molecule has 1 aliphatic rings. The monoisotopic (exact) mass is 364 g/mol. The summed E-state index contributed by atoms with van der Waals surface area (Å²) in [4.78, 5) is 12.7. The number of ether oxygens (including phenoxy) is 1. The number of amides is 1. The lowest BCUT2D eigenvalue weighted by molar-refractivity contribution is -0.136. The third kappa shape index (κ3) is 4.57. The third-order valence-corrected chi connectivity index (χ3v) is 4.57. The molecule has 0 spiro atoms. The van der Waals surface area contributed by atoms with Crippen molar-refractivity contribution < 1.29 is 13.9 Å². The molecule has 0 saturated carbocycles. The molecule has 1 amide bonds. The lowest BCUT2D eigenvalue weighted by atomic mass is 9.78. The van der Waals surface area contributed by atoms with Crippen LogP contribution in [-0.2, 0) is 9.53 Å². The molecular formula is C16H23Cl2FN2O2. The van der Waals surface area contributed by atoms with Crippen molar-refractivity contribution in [1.82, 2.24) is 10.6 Å². The fourth-order valence-corrected chi connectivity index (χ4v) is 3.29. The van der Waals surface area contributed by atoms with E-state index in [1.807, 2.05) is 0 Å². The molecule has 1 aromatic rings. The summed E-state index contributed by atoms with van der Waals surface area (Å²) in [5.74, 6) is -0.519. The first-order valence-electron chi connectivity index (χ1n) is 7.45. The van der Waals surface area contributed by atoms with E-state index in [4.69, 9.17) is 16.3 Å². The van der Waals surface area contributed by atoms with E-state index in [1.54, 1.807) is 26.2 Å². The Hall–Kier alpha value is -0.880. The van der Waals surface area contributed by atoms with Crippen LogP contribution in [0.1, 0.15) is 31.4 Å². The van der Waals surface area contributed by atoms with Gasteiger partial charge in [0.05, 0.1) is 18.1 Å². The van der Waals surface area contributed by atoms with Gasteiger partial charge in [0.25, 0.3) is 0 Å². The lowest BCUT2D eigenvalue weighted by Crippen LogP contribution is -2.50. The number of benzene rings is 1. The Morgan fingerprint density at radius 2 is 2.13 bits per heavy atom. The van der Waals surface area contributed by atoms with Crippen LogP contribution in [0.25, 0.3) is 0 Å². The molecule has 0 aromatic heterocycles. The molecule has 1 aromatic carbocycles. The minimum absolute atomic E-state index is 0. The minimum atomic E-state index is -0.563. The Balaban J connectivity index is 0.00000264. The van der Waals surface area contributed by atoms with Crippen molar-refractivity contribution >= 4 is 29.9 Å². The summed E-state index contributed by atoms with van der Waals surface area (Å²) in [6.07, 6.45) is 1.40. The van der Waals surface area contributed by atoms with Crippen LogP contribution in [0.4, 0.5) is 4.39 Å². The zero-order valence-corrected chi connectivity index (χ0v) is 14.9. The second-order valence-electron chi connectivity index (χ2n) is 5.79. The Morgan fingerprint density at radius 1 is 1.48 bits per heavy atom. The van der Waals surface area contributed by atoms with E-state index in [9.17, 15) is 9.18 Å². The first-order chi connectivity index (χ1) is 10.5. The first-order valence-corrected chi connectivity index (χ1v) is 7.82. The Kier molecular flexibility index (Phi) is 7.74. The van der Waals surface area contributed by atoms with Crippen LogP contribution in [0.15, 0.2) is 18.2 Å². The van der Waals surface area contributed by atoms with Gasteiger partial charge in [0.2, 0.25) is 5.91 Å². The molecule has 130 valence electrons. The fraction of sp³-hybridized carbons (Fsp3) is 0.562. The molecule has 0 bridgehead atoms. The maximum absolute atomic E-state index is 14.0.